The number of aromatic nitrogens is 3. The van der Waals surface area contributed by atoms with Crippen LogP contribution in [0.25, 0.3) is 0 Å². The fourth-order valence-corrected chi connectivity index (χ4v) is 2.03. The first kappa shape index (κ1) is 14.6. The molecule has 0 bridgehead atoms. The number of rotatable bonds is 7. The first-order valence-corrected chi connectivity index (χ1v) is 6.21. The zero-order valence-electron chi connectivity index (χ0n) is 11.0. The van der Waals surface area contributed by atoms with Crippen molar-refractivity contribution in [1.29, 1.82) is 0 Å². The minimum absolute atomic E-state index is 0.104. The molecule has 0 unspecified atom stereocenters. The normalized spacial score (nSPS) is 11.4. The highest BCUT2D eigenvalue weighted by atomic mass is 16.3. The first-order valence-electron chi connectivity index (χ1n) is 6.21. The average Bonchev–Trinajstić information content (AvgIpc) is 2.29. The molecule has 0 aromatic carbocycles. The molecule has 0 amide bonds. The third-order valence-electron chi connectivity index (χ3n) is 2.91. The molecule has 5 N–H and O–H groups in total. The van der Waals surface area contributed by atoms with Crippen molar-refractivity contribution in [3.63, 3.8) is 0 Å². The first-order chi connectivity index (χ1) is 8.60. The van der Waals surface area contributed by atoms with Gasteiger partial charge in [-0.15, -0.1) is 0 Å². The van der Waals surface area contributed by atoms with Crippen LogP contribution in [0.4, 0.5) is 11.9 Å². The molecule has 0 saturated carbocycles. The quantitative estimate of drug-likeness (QED) is 0.628. The third kappa shape index (κ3) is 4.08. The Kier molecular flexibility index (Phi) is 5.73. The molecule has 7 heteroatoms. The fraction of sp³-hybridized carbons (Fsp3) is 0.727. The van der Waals surface area contributed by atoms with Gasteiger partial charge in [0.25, 0.3) is 0 Å². The van der Waals surface area contributed by atoms with Crippen LogP contribution < -0.4 is 11.5 Å². The van der Waals surface area contributed by atoms with Crippen LogP contribution in [0.1, 0.15) is 32.5 Å². The van der Waals surface area contributed by atoms with Gasteiger partial charge >= 0.3 is 0 Å². The number of hydrogen-bond acceptors (Lipinski definition) is 7. The van der Waals surface area contributed by atoms with Crippen molar-refractivity contribution in [2.24, 2.45) is 0 Å². The number of anilines is 2. The molecule has 0 aliphatic rings. The topological polar surface area (TPSA) is 114 Å². The van der Waals surface area contributed by atoms with Gasteiger partial charge in [-0.1, -0.05) is 13.8 Å². The van der Waals surface area contributed by atoms with E-state index in [-0.39, 0.29) is 18.5 Å². The molecule has 7 nitrogen and oxygen atoms in total. The molecule has 0 atom stereocenters. The molecule has 1 aromatic heterocycles. The van der Waals surface area contributed by atoms with Crippen molar-refractivity contribution in [1.82, 2.24) is 19.9 Å². The minimum Gasteiger partial charge on any atom is -0.395 e. The van der Waals surface area contributed by atoms with Gasteiger partial charge in [-0.05, 0) is 12.8 Å². The van der Waals surface area contributed by atoms with Crippen LogP contribution in [0.3, 0.4) is 0 Å². The monoisotopic (exact) mass is 254 g/mol. The molecule has 0 spiro atoms. The van der Waals surface area contributed by atoms with E-state index in [9.17, 15) is 0 Å². The Bertz CT molecular complexity index is 348. The van der Waals surface area contributed by atoms with Gasteiger partial charge in [0.15, 0.2) is 0 Å². The van der Waals surface area contributed by atoms with E-state index in [1.54, 1.807) is 0 Å². The summed E-state index contributed by atoms with van der Waals surface area (Å²) in [7, 11) is 0. The summed E-state index contributed by atoms with van der Waals surface area (Å²) in [5.41, 5.74) is 11.1. The lowest BCUT2D eigenvalue weighted by Gasteiger charge is -2.29. The van der Waals surface area contributed by atoms with Gasteiger partial charge in [-0.25, -0.2) is 0 Å². The molecule has 0 aliphatic carbocycles. The summed E-state index contributed by atoms with van der Waals surface area (Å²) < 4.78 is 0. The van der Waals surface area contributed by atoms with E-state index in [0.29, 0.717) is 25.0 Å². The van der Waals surface area contributed by atoms with Gasteiger partial charge in [0, 0.05) is 12.6 Å². The summed E-state index contributed by atoms with van der Waals surface area (Å²) >= 11 is 0. The highest BCUT2D eigenvalue weighted by molar-refractivity contribution is 5.25. The second-order valence-corrected chi connectivity index (χ2v) is 4.13. The van der Waals surface area contributed by atoms with Crippen LogP contribution in [0.2, 0.25) is 0 Å². The summed E-state index contributed by atoms with van der Waals surface area (Å²) in [6.07, 6.45) is 2.01. The van der Waals surface area contributed by atoms with E-state index in [2.05, 4.69) is 33.7 Å². The van der Waals surface area contributed by atoms with Gasteiger partial charge < -0.3 is 16.6 Å². The standard InChI is InChI=1S/C11H22N6O/c1-3-8(4-2)17(5-6-18)7-9-14-10(12)16-11(13)15-9/h8,18H,3-7H2,1-2H3,(H4,12,13,14,15,16). The molecular weight excluding hydrogens is 232 g/mol. The van der Waals surface area contributed by atoms with Crippen LogP contribution in [-0.4, -0.2) is 44.2 Å². The average molecular weight is 254 g/mol. The highest BCUT2D eigenvalue weighted by Gasteiger charge is 2.16. The Balaban J connectivity index is 2.81. The van der Waals surface area contributed by atoms with Gasteiger partial charge in [0.2, 0.25) is 11.9 Å². The largest absolute Gasteiger partial charge is 0.395 e. The van der Waals surface area contributed by atoms with E-state index in [1.807, 2.05) is 0 Å². The lowest BCUT2D eigenvalue weighted by Crippen LogP contribution is -2.36. The minimum atomic E-state index is 0.104. The Morgan fingerprint density at radius 1 is 1.11 bits per heavy atom. The Morgan fingerprint density at radius 2 is 1.67 bits per heavy atom. The summed E-state index contributed by atoms with van der Waals surface area (Å²) in [5.74, 6) is 0.803. The summed E-state index contributed by atoms with van der Waals surface area (Å²) in [6.45, 7) is 5.44. The van der Waals surface area contributed by atoms with Crippen molar-refractivity contribution < 1.29 is 5.11 Å². The molecule has 1 rings (SSSR count). The van der Waals surface area contributed by atoms with Crippen molar-refractivity contribution in [3.8, 4) is 0 Å². The maximum atomic E-state index is 9.12. The van der Waals surface area contributed by atoms with Crippen LogP contribution in [0, 0.1) is 0 Å². The third-order valence-corrected chi connectivity index (χ3v) is 2.91. The maximum absolute atomic E-state index is 9.12. The molecule has 0 aliphatic heterocycles. The molecule has 102 valence electrons. The SMILES string of the molecule is CCC(CC)N(CCO)Cc1nc(N)nc(N)n1. The second-order valence-electron chi connectivity index (χ2n) is 4.13. The van der Waals surface area contributed by atoms with E-state index < -0.39 is 0 Å². The highest BCUT2D eigenvalue weighted by Crippen LogP contribution is 2.12. The Labute approximate surface area is 107 Å². The van der Waals surface area contributed by atoms with Crippen molar-refractivity contribution in [2.75, 3.05) is 24.6 Å². The van der Waals surface area contributed by atoms with Crippen LogP contribution in [0.15, 0.2) is 0 Å². The van der Waals surface area contributed by atoms with Crippen molar-refractivity contribution in [3.05, 3.63) is 5.82 Å². The van der Waals surface area contributed by atoms with Crippen LogP contribution in [0.5, 0.6) is 0 Å². The van der Waals surface area contributed by atoms with Crippen molar-refractivity contribution >= 4 is 11.9 Å². The number of aliphatic hydroxyl groups is 1. The molecule has 0 fully saturated rings. The van der Waals surface area contributed by atoms with Gasteiger partial charge in [-0.2, -0.15) is 15.0 Å². The molecule has 1 heterocycles. The zero-order chi connectivity index (χ0) is 13.5. The summed E-state index contributed by atoms with van der Waals surface area (Å²) in [6, 6.07) is 0.386. The lowest BCUT2D eigenvalue weighted by molar-refractivity contribution is 0.133. The lowest BCUT2D eigenvalue weighted by atomic mass is 10.1. The predicted molar refractivity (Wildman–Crippen MR) is 70.5 cm³/mol. The smallest absolute Gasteiger partial charge is 0.225 e. The number of aliphatic hydroxyl groups excluding tert-OH is 1. The van der Waals surface area contributed by atoms with E-state index in [1.165, 1.54) is 0 Å². The van der Waals surface area contributed by atoms with Gasteiger partial charge in [0.1, 0.15) is 5.82 Å². The molecular formula is C11H22N6O. The van der Waals surface area contributed by atoms with Crippen LogP contribution >= 0.6 is 0 Å². The van der Waals surface area contributed by atoms with E-state index >= 15 is 0 Å². The molecule has 0 radical (unpaired) electrons. The Hall–Kier alpha value is -1.47. The number of nitrogens with zero attached hydrogens (tertiary/aromatic N) is 4. The Morgan fingerprint density at radius 3 is 2.11 bits per heavy atom. The summed E-state index contributed by atoms with van der Waals surface area (Å²) in [4.78, 5) is 14.0. The van der Waals surface area contributed by atoms with Gasteiger partial charge in [-0.3, -0.25) is 4.90 Å². The fourth-order valence-electron chi connectivity index (χ4n) is 2.03. The van der Waals surface area contributed by atoms with Crippen LogP contribution in [-0.2, 0) is 6.54 Å². The molecule has 0 saturated heterocycles. The number of hydrogen-bond donors (Lipinski definition) is 3. The summed E-state index contributed by atoms with van der Waals surface area (Å²) in [5, 5.41) is 9.12. The second kappa shape index (κ2) is 7.07. The predicted octanol–water partition coefficient (Wildman–Crippen LogP) is 0.0189. The maximum Gasteiger partial charge on any atom is 0.225 e. The zero-order valence-corrected chi connectivity index (χ0v) is 11.0. The molecule has 1 aromatic rings. The molecule has 18 heavy (non-hydrogen) atoms. The van der Waals surface area contributed by atoms with Gasteiger partial charge in [0.05, 0.1) is 13.2 Å². The van der Waals surface area contributed by atoms with E-state index in [4.69, 9.17) is 16.6 Å². The van der Waals surface area contributed by atoms with Crippen molar-refractivity contribution in [2.45, 2.75) is 39.3 Å². The van der Waals surface area contributed by atoms with E-state index in [0.717, 1.165) is 12.8 Å². The number of nitrogens with two attached hydrogens (primary N) is 2. The number of nitrogen functional groups attached to an aromatic ring is 2.